The lowest BCUT2D eigenvalue weighted by molar-refractivity contribution is 0.0953. The number of amides is 1. The lowest BCUT2D eigenvalue weighted by atomic mass is 10.0. The Labute approximate surface area is 194 Å². The van der Waals surface area contributed by atoms with Gasteiger partial charge in [0.05, 0.1) is 26.4 Å². The second kappa shape index (κ2) is 9.48. The fourth-order valence-corrected chi connectivity index (χ4v) is 5.56. The number of halogens is 3. The fourth-order valence-electron chi connectivity index (χ4n) is 3.23. The normalized spacial score (nSPS) is 16.6. The Morgan fingerprint density at radius 3 is 2.66 bits per heavy atom. The molecule has 0 radical (unpaired) electrons. The summed E-state index contributed by atoms with van der Waals surface area (Å²) >= 11 is 6.88. The molecule has 0 saturated heterocycles. The van der Waals surface area contributed by atoms with Crippen LogP contribution in [0.3, 0.4) is 0 Å². The minimum atomic E-state index is -1.46. The summed E-state index contributed by atoms with van der Waals surface area (Å²) in [5.74, 6) is -2.09. The van der Waals surface area contributed by atoms with Gasteiger partial charge in [-0.3, -0.25) is 9.00 Å². The molecule has 1 amide bonds. The van der Waals surface area contributed by atoms with Gasteiger partial charge in [-0.25, -0.2) is 8.78 Å². The topological polar surface area (TPSA) is 78.4 Å². The molecule has 0 spiro atoms. The summed E-state index contributed by atoms with van der Waals surface area (Å²) in [4.78, 5) is 13.1. The highest BCUT2D eigenvalue weighted by atomic mass is 35.5. The average Bonchev–Trinajstić information content (AvgIpc) is 2.77. The molecule has 1 atom stereocenters. The summed E-state index contributed by atoms with van der Waals surface area (Å²) in [6, 6.07) is 11.4. The third kappa shape index (κ3) is 4.60. The van der Waals surface area contributed by atoms with Gasteiger partial charge in [-0.1, -0.05) is 29.8 Å². The van der Waals surface area contributed by atoms with Crippen LogP contribution in [0.15, 0.2) is 58.3 Å². The number of aromatic hydroxyl groups is 1. The number of hydrogen-bond donors (Lipinski definition) is 3. The zero-order chi connectivity index (χ0) is 22.8. The molecule has 4 rings (SSSR count). The summed E-state index contributed by atoms with van der Waals surface area (Å²) in [5.41, 5.74) is 0.635. The number of benzene rings is 3. The monoisotopic (exact) mass is 494 g/mol. The Bertz CT molecular complexity index is 1240. The van der Waals surface area contributed by atoms with Gasteiger partial charge < -0.3 is 15.1 Å². The van der Waals surface area contributed by atoms with Crippen molar-refractivity contribution in [1.29, 1.82) is 0 Å². The molecular weight excluding hydrogens is 478 g/mol. The van der Waals surface area contributed by atoms with Crippen LogP contribution >= 0.6 is 23.5 Å². The summed E-state index contributed by atoms with van der Waals surface area (Å²) in [7, 11) is -1.46. The number of phenolic OH excluding ortho intramolecular Hbond substituents is 1. The molecule has 3 aromatic rings. The SMILES string of the molecule is O=C1NCCCS(=O)c2ccccc2-c2cc(c(F)cc2F)NSc2cc1cc(Cl)c2O. The van der Waals surface area contributed by atoms with Crippen LogP contribution in [0.2, 0.25) is 5.02 Å². The molecule has 3 N–H and O–H groups in total. The van der Waals surface area contributed by atoms with Crippen molar-refractivity contribution in [3.8, 4) is 16.9 Å². The first-order valence-electron chi connectivity index (χ1n) is 9.55. The van der Waals surface area contributed by atoms with Crippen molar-refractivity contribution < 1.29 is 22.9 Å². The first-order valence-corrected chi connectivity index (χ1v) is 12.1. The standard InChI is InChI=1S/C22H17ClF2N2O3S2/c23-15-8-12-9-19(21(15)28)31-27-18-10-14(16(24)11-17(18)25)13-4-1-2-5-20(13)32(30)7-3-6-26-22(12)29/h1-2,4-5,8-11,27-28H,3,6-7H2,(H,26,29). The van der Waals surface area contributed by atoms with Crippen LogP contribution < -0.4 is 10.0 Å². The highest BCUT2D eigenvalue weighted by molar-refractivity contribution is 8.00. The first-order chi connectivity index (χ1) is 15.3. The number of anilines is 1. The molecule has 10 heteroatoms. The van der Waals surface area contributed by atoms with Gasteiger partial charge in [0.1, 0.15) is 17.4 Å². The van der Waals surface area contributed by atoms with Crippen LogP contribution in [0, 0.1) is 11.6 Å². The number of rotatable bonds is 0. The number of carbonyl (C=O) groups excluding carboxylic acids is 1. The molecule has 5 nitrogen and oxygen atoms in total. The molecule has 166 valence electrons. The second-order valence-electron chi connectivity index (χ2n) is 6.98. The van der Waals surface area contributed by atoms with Crippen LogP contribution in [0.25, 0.3) is 11.1 Å². The van der Waals surface area contributed by atoms with Crippen molar-refractivity contribution in [2.75, 3.05) is 17.0 Å². The van der Waals surface area contributed by atoms with Gasteiger partial charge >= 0.3 is 0 Å². The molecule has 4 bridgehead atoms. The van der Waals surface area contributed by atoms with Crippen LogP contribution in [0.1, 0.15) is 16.8 Å². The van der Waals surface area contributed by atoms with Crippen LogP contribution in [0.4, 0.5) is 14.5 Å². The Hall–Kier alpha value is -2.62. The molecule has 1 aliphatic rings. The number of hydrogen-bond acceptors (Lipinski definition) is 5. The fraction of sp³-hybridized carbons (Fsp3) is 0.136. The highest BCUT2D eigenvalue weighted by Gasteiger charge is 2.19. The average molecular weight is 495 g/mol. The minimum absolute atomic E-state index is 0.0432. The molecule has 0 fully saturated rings. The van der Waals surface area contributed by atoms with E-state index in [1.165, 1.54) is 18.2 Å². The minimum Gasteiger partial charge on any atom is -0.505 e. The first kappa shape index (κ1) is 22.6. The van der Waals surface area contributed by atoms with Gasteiger partial charge in [0, 0.05) is 39.9 Å². The van der Waals surface area contributed by atoms with Gasteiger partial charge in [0.15, 0.2) is 0 Å². The van der Waals surface area contributed by atoms with E-state index in [-0.39, 0.29) is 44.8 Å². The molecule has 1 unspecified atom stereocenters. The summed E-state index contributed by atoms with van der Waals surface area (Å²) < 4.78 is 44.9. The highest BCUT2D eigenvalue weighted by Crippen LogP contribution is 2.38. The van der Waals surface area contributed by atoms with E-state index in [9.17, 15) is 22.9 Å². The predicted octanol–water partition coefficient (Wildman–Crippen LogP) is 5.35. The maximum atomic E-state index is 14.7. The zero-order valence-corrected chi connectivity index (χ0v) is 18.8. The maximum Gasteiger partial charge on any atom is 0.251 e. The van der Waals surface area contributed by atoms with Crippen molar-refractivity contribution >= 4 is 45.9 Å². The molecule has 0 saturated carbocycles. The molecule has 1 heterocycles. The van der Waals surface area contributed by atoms with Crippen LogP contribution in [-0.2, 0) is 10.8 Å². The lowest BCUT2D eigenvalue weighted by Gasteiger charge is -2.15. The second-order valence-corrected chi connectivity index (χ2v) is 9.77. The molecular formula is C22H17ClF2N2O3S2. The quantitative estimate of drug-likeness (QED) is 0.367. The number of phenols is 1. The van der Waals surface area contributed by atoms with Crippen molar-refractivity contribution in [2.24, 2.45) is 0 Å². The summed E-state index contributed by atoms with van der Waals surface area (Å²) in [6.07, 6.45) is 0.415. The smallest absolute Gasteiger partial charge is 0.251 e. The molecule has 3 aromatic carbocycles. The van der Waals surface area contributed by atoms with E-state index in [2.05, 4.69) is 10.0 Å². The van der Waals surface area contributed by atoms with E-state index >= 15 is 0 Å². The third-order valence-electron chi connectivity index (χ3n) is 4.83. The van der Waals surface area contributed by atoms with Gasteiger partial charge in [0.2, 0.25) is 0 Å². The van der Waals surface area contributed by atoms with E-state index in [4.69, 9.17) is 11.6 Å². The van der Waals surface area contributed by atoms with E-state index in [1.54, 1.807) is 24.3 Å². The molecule has 1 aliphatic heterocycles. The number of fused-ring (bicyclic) bond motifs is 6. The Morgan fingerprint density at radius 2 is 1.84 bits per heavy atom. The van der Waals surface area contributed by atoms with Crippen molar-refractivity contribution in [2.45, 2.75) is 16.2 Å². The molecule has 0 aliphatic carbocycles. The van der Waals surface area contributed by atoms with Crippen LogP contribution in [-0.4, -0.2) is 27.5 Å². The Kier molecular flexibility index (Phi) is 6.68. The maximum absolute atomic E-state index is 14.7. The van der Waals surface area contributed by atoms with Crippen molar-refractivity contribution in [1.82, 2.24) is 5.32 Å². The molecule has 0 aromatic heterocycles. The van der Waals surface area contributed by atoms with E-state index in [0.29, 0.717) is 16.9 Å². The van der Waals surface area contributed by atoms with E-state index < -0.39 is 28.3 Å². The number of carbonyl (C=O) groups is 1. The Balaban J connectivity index is 1.83. The van der Waals surface area contributed by atoms with E-state index in [0.717, 1.165) is 18.0 Å². The van der Waals surface area contributed by atoms with Crippen molar-refractivity contribution in [3.05, 3.63) is 70.8 Å². The van der Waals surface area contributed by atoms with Crippen LogP contribution in [0.5, 0.6) is 5.75 Å². The zero-order valence-electron chi connectivity index (χ0n) is 16.5. The van der Waals surface area contributed by atoms with E-state index in [1.807, 2.05) is 0 Å². The molecule has 32 heavy (non-hydrogen) atoms. The van der Waals surface area contributed by atoms with Gasteiger partial charge in [-0.2, -0.15) is 0 Å². The van der Waals surface area contributed by atoms with Gasteiger partial charge in [-0.15, -0.1) is 0 Å². The summed E-state index contributed by atoms with van der Waals surface area (Å²) in [5, 5.41) is 12.9. The Morgan fingerprint density at radius 1 is 1.06 bits per heavy atom. The third-order valence-corrected chi connectivity index (χ3v) is 7.48. The predicted molar refractivity (Wildman–Crippen MR) is 123 cm³/mol. The van der Waals surface area contributed by atoms with Crippen molar-refractivity contribution in [3.63, 3.8) is 0 Å². The summed E-state index contributed by atoms with van der Waals surface area (Å²) in [6.45, 7) is 0.265. The number of nitrogens with one attached hydrogen (secondary N) is 2. The van der Waals surface area contributed by atoms with Gasteiger partial charge in [0.25, 0.3) is 5.91 Å². The largest absolute Gasteiger partial charge is 0.505 e. The van der Waals surface area contributed by atoms with Gasteiger partial charge in [-0.05, 0) is 42.6 Å². The lowest BCUT2D eigenvalue weighted by Crippen LogP contribution is -2.25.